The molecule has 3 atom stereocenters. The molecule has 12 heteroatoms. The van der Waals surface area contributed by atoms with Gasteiger partial charge in [-0.1, -0.05) is 51.1 Å². The van der Waals surface area contributed by atoms with Gasteiger partial charge in [-0.05, 0) is 48.9 Å². The third kappa shape index (κ3) is 8.69. The van der Waals surface area contributed by atoms with Crippen LogP contribution in [0.3, 0.4) is 0 Å². The predicted octanol–water partition coefficient (Wildman–Crippen LogP) is 2.39. The fourth-order valence-corrected chi connectivity index (χ4v) is 7.23. The smallest absolute Gasteiger partial charge is 0.245 e. The van der Waals surface area contributed by atoms with Crippen molar-refractivity contribution in [3.8, 4) is 11.5 Å². The van der Waals surface area contributed by atoms with E-state index in [4.69, 9.17) is 9.47 Å². The van der Waals surface area contributed by atoms with Crippen molar-refractivity contribution in [3.05, 3.63) is 54.1 Å². The van der Waals surface area contributed by atoms with Crippen molar-refractivity contribution < 1.29 is 32.6 Å². The van der Waals surface area contributed by atoms with Gasteiger partial charge in [-0.2, -0.15) is 4.31 Å². The molecule has 0 spiro atoms. The standard InChI is InChI=1S/C31H44N4O7S/c1-22(2)20-35(43(39,40)25-11-12-27-28(17-25)42-21-41-27)31(38,18-24-8-5-4-6-9-24)13-15-33-29(36)16-23(3)19-34-30(37)26-10-7-14-32-26/h4-6,8-9,11-12,17,22-23,26,32,38H,7,10,13-16,18-21H2,1-3H3,(H,33,36)(H,34,37). The fraction of sp³-hybridized carbons (Fsp3) is 0.548. The van der Waals surface area contributed by atoms with Gasteiger partial charge in [-0.3, -0.25) is 9.59 Å². The van der Waals surface area contributed by atoms with Gasteiger partial charge in [-0.15, -0.1) is 0 Å². The lowest BCUT2D eigenvalue weighted by molar-refractivity contribution is -0.125. The number of ether oxygens (including phenoxy) is 2. The summed E-state index contributed by atoms with van der Waals surface area (Å²) in [6.07, 6.45) is 1.95. The lowest BCUT2D eigenvalue weighted by Crippen LogP contribution is -2.55. The number of nitrogens with zero attached hydrogens (tertiary/aromatic N) is 1. The molecule has 3 unspecified atom stereocenters. The van der Waals surface area contributed by atoms with E-state index in [0.29, 0.717) is 18.0 Å². The van der Waals surface area contributed by atoms with E-state index in [-0.39, 0.29) is 73.7 Å². The van der Waals surface area contributed by atoms with E-state index in [1.165, 1.54) is 12.1 Å². The molecule has 2 aliphatic rings. The Hall–Kier alpha value is -3.19. The van der Waals surface area contributed by atoms with Crippen LogP contribution in [0.25, 0.3) is 0 Å². The highest BCUT2D eigenvalue weighted by Crippen LogP contribution is 2.37. The lowest BCUT2D eigenvalue weighted by Gasteiger charge is -2.40. The molecule has 2 amide bonds. The third-order valence-electron chi connectivity index (χ3n) is 7.64. The van der Waals surface area contributed by atoms with E-state index < -0.39 is 15.7 Å². The zero-order valence-electron chi connectivity index (χ0n) is 25.2. The second-order valence-electron chi connectivity index (χ2n) is 11.9. The number of nitrogens with one attached hydrogen (secondary N) is 3. The maximum absolute atomic E-state index is 14.1. The van der Waals surface area contributed by atoms with Gasteiger partial charge in [0.15, 0.2) is 11.5 Å². The number of hydrogen-bond acceptors (Lipinski definition) is 8. The Morgan fingerprint density at radius 2 is 1.84 bits per heavy atom. The molecule has 2 aliphatic heterocycles. The molecular weight excluding hydrogens is 572 g/mol. The number of rotatable bonds is 15. The Labute approximate surface area is 254 Å². The Morgan fingerprint density at radius 3 is 2.53 bits per heavy atom. The van der Waals surface area contributed by atoms with E-state index in [2.05, 4.69) is 16.0 Å². The first-order valence-electron chi connectivity index (χ1n) is 14.9. The van der Waals surface area contributed by atoms with Gasteiger partial charge >= 0.3 is 0 Å². The third-order valence-corrected chi connectivity index (χ3v) is 9.56. The van der Waals surface area contributed by atoms with Crippen molar-refractivity contribution in [1.82, 2.24) is 20.3 Å². The minimum atomic E-state index is -4.20. The van der Waals surface area contributed by atoms with Crippen molar-refractivity contribution in [1.29, 1.82) is 0 Å². The SMILES string of the molecule is CC(C)CN(C(O)(CCNC(=O)CC(C)CNC(=O)C1CCCN1)Cc1ccccc1)S(=O)(=O)c1ccc2c(c1)OCO2. The van der Waals surface area contributed by atoms with Gasteiger partial charge < -0.3 is 30.5 Å². The summed E-state index contributed by atoms with van der Waals surface area (Å²) in [5.41, 5.74) is -1.09. The average Bonchev–Trinajstić information content (AvgIpc) is 3.67. The molecule has 11 nitrogen and oxygen atoms in total. The highest BCUT2D eigenvalue weighted by molar-refractivity contribution is 7.89. The zero-order valence-corrected chi connectivity index (χ0v) is 26.0. The molecule has 1 fully saturated rings. The molecule has 0 aliphatic carbocycles. The van der Waals surface area contributed by atoms with Crippen molar-refractivity contribution in [2.75, 3.05) is 33.0 Å². The topological polar surface area (TPSA) is 146 Å². The van der Waals surface area contributed by atoms with Gasteiger partial charge in [0.1, 0.15) is 5.72 Å². The lowest BCUT2D eigenvalue weighted by atomic mass is 9.98. The van der Waals surface area contributed by atoms with Crippen LogP contribution in [0, 0.1) is 11.8 Å². The Bertz CT molecular complexity index is 1350. The van der Waals surface area contributed by atoms with Gasteiger partial charge in [0.2, 0.25) is 28.6 Å². The summed E-state index contributed by atoms with van der Waals surface area (Å²) in [5.74, 6) is 0.296. The summed E-state index contributed by atoms with van der Waals surface area (Å²) in [6, 6.07) is 13.4. The molecule has 0 saturated carbocycles. The molecule has 0 radical (unpaired) electrons. The molecular formula is C31H44N4O7S. The van der Waals surface area contributed by atoms with Crippen molar-refractivity contribution >= 4 is 21.8 Å². The first-order valence-corrected chi connectivity index (χ1v) is 16.4. The van der Waals surface area contributed by atoms with Gasteiger partial charge in [-0.25, -0.2) is 8.42 Å². The molecule has 236 valence electrons. The van der Waals surface area contributed by atoms with Crippen LogP contribution in [-0.4, -0.2) is 74.4 Å². The second-order valence-corrected chi connectivity index (χ2v) is 13.8. The first-order chi connectivity index (χ1) is 20.5. The highest BCUT2D eigenvalue weighted by atomic mass is 32.2. The van der Waals surface area contributed by atoms with E-state index in [9.17, 15) is 23.1 Å². The van der Waals surface area contributed by atoms with Crippen LogP contribution in [-0.2, 0) is 26.0 Å². The van der Waals surface area contributed by atoms with Crippen molar-refractivity contribution in [3.63, 3.8) is 0 Å². The summed E-state index contributed by atoms with van der Waals surface area (Å²) < 4.78 is 40.1. The van der Waals surface area contributed by atoms with Crippen LogP contribution >= 0.6 is 0 Å². The van der Waals surface area contributed by atoms with Crippen LogP contribution in [0.5, 0.6) is 11.5 Å². The summed E-state index contributed by atoms with van der Waals surface area (Å²) in [5, 5.41) is 21.1. The summed E-state index contributed by atoms with van der Waals surface area (Å²) in [4.78, 5) is 25.1. The van der Waals surface area contributed by atoms with E-state index in [1.54, 1.807) is 6.07 Å². The number of carbonyl (C=O) groups is 2. The maximum atomic E-state index is 14.1. The Kier molecular flexibility index (Phi) is 11.0. The number of amides is 2. The van der Waals surface area contributed by atoms with Gasteiger partial charge in [0.25, 0.3) is 0 Å². The number of hydrogen-bond donors (Lipinski definition) is 4. The molecule has 0 aromatic heterocycles. The molecule has 2 heterocycles. The maximum Gasteiger partial charge on any atom is 0.245 e. The van der Waals surface area contributed by atoms with Crippen molar-refractivity contribution in [2.24, 2.45) is 11.8 Å². The zero-order chi connectivity index (χ0) is 31.0. The van der Waals surface area contributed by atoms with E-state index >= 15 is 0 Å². The summed E-state index contributed by atoms with van der Waals surface area (Å²) in [7, 11) is -4.20. The minimum Gasteiger partial charge on any atom is -0.454 e. The number of benzene rings is 2. The van der Waals surface area contributed by atoms with Crippen LogP contribution in [0.15, 0.2) is 53.4 Å². The van der Waals surface area contributed by atoms with Crippen LogP contribution in [0.4, 0.5) is 0 Å². The molecule has 1 saturated heterocycles. The normalized spacial score (nSPS) is 18.4. The van der Waals surface area contributed by atoms with Crippen molar-refractivity contribution in [2.45, 2.75) is 69.5 Å². The number of sulfonamides is 1. The molecule has 4 rings (SSSR count). The van der Waals surface area contributed by atoms with E-state index in [0.717, 1.165) is 29.3 Å². The largest absolute Gasteiger partial charge is 0.454 e. The monoisotopic (exact) mass is 616 g/mol. The number of carbonyl (C=O) groups excluding carboxylic acids is 2. The average molecular weight is 617 g/mol. The Morgan fingerprint density at radius 1 is 1.09 bits per heavy atom. The summed E-state index contributed by atoms with van der Waals surface area (Å²) in [6.45, 7) is 6.98. The Balaban J connectivity index is 1.46. The molecule has 2 aromatic carbocycles. The van der Waals surface area contributed by atoms with Crippen LogP contribution in [0.2, 0.25) is 0 Å². The quantitative estimate of drug-likeness (QED) is 0.223. The molecule has 0 bridgehead atoms. The number of fused-ring (bicyclic) bond motifs is 1. The molecule has 4 N–H and O–H groups in total. The number of aliphatic hydroxyl groups is 1. The van der Waals surface area contributed by atoms with Crippen LogP contribution in [0.1, 0.15) is 52.0 Å². The molecule has 43 heavy (non-hydrogen) atoms. The predicted molar refractivity (Wildman–Crippen MR) is 162 cm³/mol. The highest BCUT2D eigenvalue weighted by Gasteiger charge is 2.43. The van der Waals surface area contributed by atoms with Crippen LogP contribution < -0.4 is 25.4 Å². The molecule has 2 aromatic rings. The second kappa shape index (κ2) is 14.5. The first kappa shape index (κ1) is 32.7. The summed E-state index contributed by atoms with van der Waals surface area (Å²) >= 11 is 0. The van der Waals surface area contributed by atoms with Gasteiger partial charge in [0.05, 0.1) is 10.9 Å². The minimum absolute atomic E-state index is 0.00883. The van der Waals surface area contributed by atoms with E-state index in [1.807, 2.05) is 51.1 Å². The van der Waals surface area contributed by atoms with Gasteiger partial charge in [0, 0.05) is 45.0 Å². The fourth-order valence-electron chi connectivity index (χ4n) is 5.38.